The van der Waals surface area contributed by atoms with Crippen LogP contribution < -0.4 is 9.47 Å². The summed E-state index contributed by atoms with van der Waals surface area (Å²) in [6, 6.07) is 5.28. The van der Waals surface area contributed by atoms with Crippen LogP contribution in [0.3, 0.4) is 0 Å². The fourth-order valence-electron chi connectivity index (χ4n) is 3.46. The molecule has 134 valence electrons. The Bertz CT molecular complexity index is 663. The summed E-state index contributed by atoms with van der Waals surface area (Å²) in [5.41, 5.74) is 0.586. The molecular weight excluding hydrogens is 324 g/mol. The number of piperazine rings is 1. The van der Waals surface area contributed by atoms with E-state index in [0.29, 0.717) is 63.1 Å². The molecule has 3 aliphatic heterocycles. The van der Waals surface area contributed by atoms with Crippen LogP contribution in [-0.2, 0) is 9.53 Å². The number of benzene rings is 1. The topological polar surface area (TPSA) is 68.3 Å². The van der Waals surface area contributed by atoms with Crippen LogP contribution in [0.5, 0.6) is 11.5 Å². The van der Waals surface area contributed by atoms with Crippen molar-refractivity contribution in [2.45, 2.75) is 18.9 Å². The largest absolute Gasteiger partial charge is 0.486 e. The molecule has 2 amide bonds. The van der Waals surface area contributed by atoms with Gasteiger partial charge >= 0.3 is 0 Å². The third-order valence-corrected chi connectivity index (χ3v) is 4.87. The number of hydrogen-bond acceptors (Lipinski definition) is 5. The predicted octanol–water partition coefficient (Wildman–Crippen LogP) is 0.921. The summed E-state index contributed by atoms with van der Waals surface area (Å²) in [5, 5.41) is 0. The maximum absolute atomic E-state index is 12.7. The first-order chi connectivity index (χ1) is 12.2. The lowest BCUT2D eigenvalue weighted by molar-refractivity contribution is -0.142. The van der Waals surface area contributed by atoms with Crippen molar-refractivity contribution in [3.05, 3.63) is 23.8 Å². The van der Waals surface area contributed by atoms with E-state index >= 15 is 0 Å². The molecule has 0 N–H and O–H groups in total. The van der Waals surface area contributed by atoms with Gasteiger partial charge in [0.1, 0.15) is 19.3 Å². The molecule has 0 bridgehead atoms. The maximum Gasteiger partial charge on any atom is 0.254 e. The van der Waals surface area contributed by atoms with Crippen molar-refractivity contribution in [2.75, 3.05) is 46.0 Å². The van der Waals surface area contributed by atoms with Gasteiger partial charge in [0.05, 0.1) is 0 Å². The molecule has 4 rings (SSSR count). The molecule has 7 heteroatoms. The molecule has 0 aromatic heterocycles. The number of carbonyl (C=O) groups excluding carboxylic acids is 2. The van der Waals surface area contributed by atoms with Gasteiger partial charge in [-0.15, -0.1) is 0 Å². The van der Waals surface area contributed by atoms with Crippen LogP contribution in [0, 0.1) is 0 Å². The van der Waals surface area contributed by atoms with Crippen LogP contribution in [0.1, 0.15) is 23.2 Å². The standard InChI is InChI=1S/C18H22N2O5/c21-17(13-3-4-14-16(12-13)25-11-10-24-14)19-5-7-20(8-6-19)18(22)15-2-1-9-23-15/h3-4,12,15H,1-2,5-11H2. The monoisotopic (exact) mass is 346 g/mol. The average molecular weight is 346 g/mol. The van der Waals surface area contributed by atoms with E-state index in [0.717, 1.165) is 12.8 Å². The number of ether oxygens (including phenoxy) is 3. The Hall–Kier alpha value is -2.28. The third-order valence-electron chi connectivity index (χ3n) is 4.87. The Kier molecular flexibility index (Phi) is 4.48. The second-order valence-electron chi connectivity index (χ2n) is 6.48. The predicted molar refractivity (Wildman–Crippen MR) is 88.9 cm³/mol. The lowest BCUT2D eigenvalue weighted by Crippen LogP contribution is -2.52. The highest BCUT2D eigenvalue weighted by Crippen LogP contribution is 2.31. The van der Waals surface area contributed by atoms with E-state index in [4.69, 9.17) is 14.2 Å². The lowest BCUT2D eigenvalue weighted by Gasteiger charge is -2.35. The molecule has 1 aromatic carbocycles. The molecule has 3 heterocycles. The average Bonchev–Trinajstić information content (AvgIpc) is 3.21. The second-order valence-corrected chi connectivity index (χ2v) is 6.48. The molecule has 7 nitrogen and oxygen atoms in total. The summed E-state index contributed by atoms with van der Waals surface area (Å²) >= 11 is 0. The quantitative estimate of drug-likeness (QED) is 0.797. The van der Waals surface area contributed by atoms with E-state index < -0.39 is 0 Å². The van der Waals surface area contributed by atoms with Crippen LogP contribution in [-0.4, -0.2) is 73.7 Å². The number of carbonyl (C=O) groups is 2. The van der Waals surface area contributed by atoms with Crippen molar-refractivity contribution >= 4 is 11.8 Å². The van der Waals surface area contributed by atoms with Crippen LogP contribution in [0.25, 0.3) is 0 Å². The summed E-state index contributed by atoms with van der Waals surface area (Å²) in [6.07, 6.45) is 1.45. The first-order valence-corrected chi connectivity index (χ1v) is 8.82. The fourth-order valence-corrected chi connectivity index (χ4v) is 3.46. The van der Waals surface area contributed by atoms with Gasteiger partial charge in [-0.25, -0.2) is 0 Å². The molecule has 2 fully saturated rings. The third kappa shape index (κ3) is 3.28. The molecule has 0 aliphatic carbocycles. The number of rotatable bonds is 2. The van der Waals surface area contributed by atoms with Crippen LogP contribution >= 0.6 is 0 Å². The first-order valence-electron chi connectivity index (χ1n) is 8.82. The zero-order chi connectivity index (χ0) is 17.2. The van der Waals surface area contributed by atoms with Gasteiger partial charge in [-0.2, -0.15) is 0 Å². The summed E-state index contributed by atoms with van der Waals surface area (Å²) in [7, 11) is 0. The summed E-state index contributed by atoms with van der Waals surface area (Å²) < 4.78 is 16.5. The summed E-state index contributed by atoms with van der Waals surface area (Å²) in [6.45, 7) is 3.86. The molecule has 3 aliphatic rings. The van der Waals surface area contributed by atoms with Crippen molar-refractivity contribution in [3.63, 3.8) is 0 Å². The highest BCUT2D eigenvalue weighted by molar-refractivity contribution is 5.95. The molecule has 1 atom stereocenters. The minimum atomic E-state index is -0.292. The van der Waals surface area contributed by atoms with Gasteiger partial charge in [-0.3, -0.25) is 9.59 Å². The number of hydrogen-bond donors (Lipinski definition) is 0. The van der Waals surface area contributed by atoms with Crippen molar-refractivity contribution in [1.29, 1.82) is 0 Å². The van der Waals surface area contributed by atoms with Gasteiger partial charge in [0.25, 0.3) is 11.8 Å². The number of amides is 2. The van der Waals surface area contributed by atoms with E-state index in [2.05, 4.69) is 0 Å². The molecular formula is C18H22N2O5. The molecule has 2 saturated heterocycles. The zero-order valence-electron chi connectivity index (χ0n) is 14.1. The van der Waals surface area contributed by atoms with Gasteiger partial charge in [-0.1, -0.05) is 0 Å². The highest BCUT2D eigenvalue weighted by Gasteiger charge is 2.31. The van der Waals surface area contributed by atoms with Gasteiger partial charge in [0, 0.05) is 38.3 Å². The molecule has 1 unspecified atom stereocenters. The fraction of sp³-hybridized carbons (Fsp3) is 0.556. The van der Waals surface area contributed by atoms with Crippen LogP contribution in [0.4, 0.5) is 0 Å². The van der Waals surface area contributed by atoms with Gasteiger partial charge in [0.2, 0.25) is 0 Å². The summed E-state index contributed by atoms with van der Waals surface area (Å²) in [4.78, 5) is 28.7. The van der Waals surface area contributed by atoms with Crippen molar-refractivity contribution in [2.24, 2.45) is 0 Å². The van der Waals surface area contributed by atoms with Crippen molar-refractivity contribution in [1.82, 2.24) is 9.80 Å². The molecule has 25 heavy (non-hydrogen) atoms. The summed E-state index contributed by atoms with van der Waals surface area (Å²) in [5.74, 6) is 1.31. The van der Waals surface area contributed by atoms with E-state index in [1.165, 1.54) is 0 Å². The molecule has 0 saturated carbocycles. The van der Waals surface area contributed by atoms with Crippen LogP contribution in [0.15, 0.2) is 18.2 Å². The maximum atomic E-state index is 12.7. The molecule has 0 spiro atoms. The minimum absolute atomic E-state index is 0.0406. The van der Waals surface area contributed by atoms with Crippen LogP contribution in [0.2, 0.25) is 0 Å². The molecule has 0 radical (unpaired) electrons. The molecule has 1 aromatic rings. The van der Waals surface area contributed by atoms with Crippen molar-refractivity contribution < 1.29 is 23.8 Å². The first kappa shape index (κ1) is 16.2. The Morgan fingerprint density at radius 1 is 0.920 bits per heavy atom. The Balaban J connectivity index is 1.37. The van der Waals surface area contributed by atoms with E-state index in [9.17, 15) is 9.59 Å². The SMILES string of the molecule is O=C(c1ccc2c(c1)OCCO2)N1CCN(C(=O)C2CCCO2)CC1. The number of nitrogens with zero attached hydrogens (tertiary/aromatic N) is 2. The smallest absolute Gasteiger partial charge is 0.254 e. The Morgan fingerprint density at radius 3 is 2.36 bits per heavy atom. The van der Waals surface area contributed by atoms with Gasteiger partial charge < -0.3 is 24.0 Å². The van der Waals surface area contributed by atoms with Gasteiger partial charge in [0.15, 0.2) is 11.5 Å². The zero-order valence-corrected chi connectivity index (χ0v) is 14.1. The second kappa shape index (κ2) is 6.92. The van der Waals surface area contributed by atoms with E-state index in [1.807, 2.05) is 4.90 Å². The van der Waals surface area contributed by atoms with Gasteiger partial charge in [-0.05, 0) is 31.0 Å². The lowest BCUT2D eigenvalue weighted by atomic mass is 10.1. The highest BCUT2D eigenvalue weighted by atomic mass is 16.6. The number of fused-ring (bicyclic) bond motifs is 1. The Labute approximate surface area is 146 Å². The Morgan fingerprint density at radius 2 is 1.64 bits per heavy atom. The van der Waals surface area contributed by atoms with E-state index in [1.54, 1.807) is 23.1 Å². The normalized spacial score (nSPS) is 22.8. The minimum Gasteiger partial charge on any atom is -0.486 e. The van der Waals surface area contributed by atoms with Crippen molar-refractivity contribution in [3.8, 4) is 11.5 Å². The van der Waals surface area contributed by atoms with E-state index in [-0.39, 0.29) is 17.9 Å².